The van der Waals surface area contributed by atoms with Gasteiger partial charge in [-0.25, -0.2) is 17.9 Å². The summed E-state index contributed by atoms with van der Waals surface area (Å²) in [5.74, 6) is 1.13. The first-order chi connectivity index (χ1) is 11.0. The molecular weight excluding hydrogens is 316 g/mol. The molecule has 0 amide bonds. The summed E-state index contributed by atoms with van der Waals surface area (Å²) in [5.41, 5.74) is 1.06. The highest BCUT2D eigenvalue weighted by Gasteiger charge is 2.15. The Morgan fingerprint density at radius 2 is 2.09 bits per heavy atom. The monoisotopic (exact) mass is 332 g/mol. The number of anilines is 1. The van der Waals surface area contributed by atoms with E-state index in [1.165, 1.54) is 16.6 Å². The van der Waals surface area contributed by atoms with Gasteiger partial charge in [0.1, 0.15) is 11.6 Å². The van der Waals surface area contributed by atoms with Gasteiger partial charge in [-0.2, -0.15) is 5.10 Å². The molecule has 1 aromatic carbocycles. The summed E-state index contributed by atoms with van der Waals surface area (Å²) >= 11 is 0. The predicted octanol–water partition coefficient (Wildman–Crippen LogP) is 2.24. The molecule has 2 heterocycles. The summed E-state index contributed by atoms with van der Waals surface area (Å²) < 4.78 is 34.4. The summed E-state index contributed by atoms with van der Waals surface area (Å²) in [4.78, 5) is 4.34. The van der Waals surface area contributed by atoms with Crippen molar-refractivity contribution in [2.75, 3.05) is 11.3 Å². The van der Waals surface area contributed by atoms with Gasteiger partial charge >= 0.3 is 0 Å². The van der Waals surface area contributed by atoms with E-state index in [1.807, 2.05) is 6.92 Å². The summed E-state index contributed by atoms with van der Waals surface area (Å²) in [6, 6.07) is 9.71. The topological polar surface area (TPSA) is 85.6 Å². The van der Waals surface area contributed by atoms with E-state index in [0.717, 1.165) is 0 Å². The van der Waals surface area contributed by atoms with Crippen LogP contribution >= 0.6 is 0 Å². The number of benzene rings is 1. The third-order valence-electron chi connectivity index (χ3n) is 3.12. The maximum atomic E-state index is 12.5. The Labute approximate surface area is 134 Å². The van der Waals surface area contributed by atoms with Crippen molar-refractivity contribution in [2.24, 2.45) is 0 Å². The average molecular weight is 332 g/mol. The number of nitrogens with zero attached hydrogens (tertiary/aromatic N) is 3. The number of rotatable bonds is 5. The first kappa shape index (κ1) is 15.3. The van der Waals surface area contributed by atoms with Crippen LogP contribution in [0.1, 0.15) is 12.7 Å². The molecule has 0 radical (unpaired) electrons. The maximum Gasteiger partial charge on any atom is 0.262 e. The molecule has 0 aliphatic carbocycles. The Kier molecular flexibility index (Phi) is 3.91. The van der Waals surface area contributed by atoms with Crippen LogP contribution in [-0.2, 0) is 10.0 Å². The molecule has 0 aliphatic heterocycles. The number of pyridine rings is 1. The van der Waals surface area contributed by atoms with Crippen molar-refractivity contribution in [1.82, 2.24) is 14.6 Å². The van der Waals surface area contributed by atoms with E-state index in [0.29, 0.717) is 29.5 Å². The Hall–Kier alpha value is -2.61. The number of sulfonamides is 1. The highest BCUT2D eigenvalue weighted by Crippen LogP contribution is 2.20. The molecule has 0 aliphatic rings. The van der Waals surface area contributed by atoms with Gasteiger partial charge in [-0.05, 0) is 38.1 Å². The molecule has 8 heteroatoms. The van der Waals surface area contributed by atoms with Crippen LogP contribution < -0.4 is 9.46 Å². The number of nitrogens with one attached hydrogen (secondary N) is 1. The van der Waals surface area contributed by atoms with Crippen molar-refractivity contribution < 1.29 is 13.2 Å². The van der Waals surface area contributed by atoms with E-state index < -0.39 is 10.0 Å². The standard InChI is InChI=1S/C15H16N4O3S/c1-3-22-13-5-4-6-14(9-13)23(20,21)18-12-7-8-15-16-11(2)17-19(15)10-12/h4-10,18H,3H2,1-2H3. The average Bonchev–Trinajstić information content (AvgIpc) is 2.87. The summed E-state index contributed by atoms with van der Waals surface area (Å²) in [7, 11) is -3.71. The lowest BCUT2D eigenvalue weighted by Crippen LogP contribution is -2.13. The van der Waals surface area contributed by atoms with Gasteiger partial charge in [0.15, 0.2) is 5.65 Å². The zero-order valence-electron chi connectivity index (χ0n) is 12.7. The molecule has 7 nitrogen and oxygen atoms in total. The van der Waals surface area contributed by atoms with Gasteiger partial charge in [-0.1, -0.05) is 6.07 Å². The van der Waals surface area contributed by atoms with Gasteiger partial charge in [0.2, 0.25) is 0 Å². The van der Waals surface area contributed by atoms with Crippen LogP contribution in [0, 0.1) is 6.92 Å². The lowest BCUT2D eigenvalue weighted by molar-refractivity contribution is 0.339. The van der Waals surface area contributed by atoms with Crippen molar-refractivity contribution in [1.29, 1.82) is 0 Å². The molecule has 0 atom stereocenters. The van der Waals surface area contributed by atoms with Gasteiger partial charge in [0.25, 0.3) is 10.0 Å². The van der Waals surface area contributed by atoms with Crippen LogP contribution in [0.15, 0.2) is 47.5 Å². The Morgan fingerprint density at radius 1 is 1.26 bits per heavy atom. The van der Waals surface area contributed by atoms with Gasteiger partial charge in [-0.3, -0.25) is 4.72 Å². The van der Waals surface area contributed by atoms with Crippen molar-refractivity contribution in [2.45, 2.75) is 18.7 Å². The van der Waals surface area contributed by atoms with E-state index in [9.17, 15) is 8.42 Å². The zero-order valence-corrected chi connectivity index (χ0v) is 13.5. The molecule has 0 saturated carbocycles. The summed E-state index contributed by atoms with van der Waals surface area (Å²) in [6.07, 6.45) is 1.58. The molecule has 0 fully saturated rings. The number of aromatic nitrogens is 3. The smallest absolute Gasteiger partial charge is 0.262 e. The van der Waals surface area contributed by atoms with E-state index in [-0.39, 0.29) is 4.90 Å². The van der Waals surface area contributed by atoms with Crippen molar-refractivity contribution in [3.8, 4) is 5.75 Å². The predicted molar refractivity (Wildman–Crippen MR) is 86.1 cm³/mol. The van der Waals surface area contributed by atoms with Crippen LogP contribution in [0.5, 0.6) is 5.75 Å². The second kappa shape index (κ2) is 5.88. The third-order valence-corrected chi connectivity index (χ3v) is 4.49. The maximum absolute atomic E-state index is 12.5. The quantitative estimate of drug-likeness (QED) is 0.774. The van der Waals surface area contributed by atoms with Crippen molar-refractivity contribution in [3.05, 3.63) is 48.4 Å². The van der Waals surface area contributed by atoms with Gasteiger partial charge < -0.3 is 4.74 Å². The molecule has 0 saturated heterocycles. The number of fused-ring (bicyclic) bond motifs is 1. The molecule has 0 spiro atoms. The van der Waals surface area contributed by atoms with Crippen LogP contribution in [0.2, 0.25) is 0 Å². The van der Waals surface area contributed by atoms with Gasteiger partial charge in [0.05, 0.1) is 23.4 Å². The SMILES string of the molecule is CCOc1cccc(S(=O)(=O)Nc2ccc3nc(C)nn3c2)c1. The summed E-state index contributed by atoms with van der Waals surface area (Å²) in [5, 5.41) is 4.17. The number of ether oxygens (including phenoxy) is 1. The van der Waals surface area contributed by atoms with E-state index in [4.69, 9.17) is 4.74 Å². The zero-order chi connectivity index (χ0) is 16.4. The molecular formula is C15H16N4O3S. The molecule has 3 rings (SSSR count). The number of hydrogen-bond acceptors (Lipinski definition) is 5. The van der Waals surface area contributed by atoms with E-state index in [2.05, 4.69) is 14.8 Å². The first-order valence-corrected chi connectivity index (χ1v) is 8.55. The minimum atomic E-state index is -3.71. The van der Waals surface area contributed by atoms with Gasteiger partial charge in [0, 0.05) is 6.07 Å². The number of aryl methyl sites for hydroxylation is 1. The van der Waals surface area contributed by atoms with Crippen molar-refractivity contribution >= 4 is 21.4 Å². The van der Waals surface area contributed by atoms with Crippen molar-refractivity contribution in [3.63, 3.8) is 0 Å². The van der Waals surface area contributed by atoms with E-state index >= 15 is 0 Å². The molecule has 2 aromatic heterocycles. The molecule has 23 heavy (non-hydrogen) atoms. The minimum absolute atomic E-state index is 0.137. The first-order valence-electron chi connectivity index (χ1n) is 7.06. The van der Waals surface area contributed by atoms with Gasteiger partial charge in [-0.15, -0.1) is 0 Å². The number of hydrogen-bond donors (Lipinski definition) is 1. The third kappa shape index (κ3) is 3.26. The molecule has 0 unspecified atom stereocenters. The normalized spacial score (nSPS) is 11.6. The Bertz CT molecular complexity index is 950. The fraction of sp³-hybridized carbons (Fsp3) is 0.200. The lowest BCUT2D eigenvalue weighted by Gasteiger charge is -2.09. The minimum Gasteiger partial charge on any atom is -0.494 e. The van der Waals surface area contributed by atoms with Crippen LogP contribution in [0.4, 0.5) is 5.69 Å². The van der Waals surface area contributed by atoms with Crippen LogP contribution in [0.3, 0.4) is 0 Å². The molecule has 0 bridgehead atoms. The largest absolute Gasteiger partial charge is 0.494 e. The molecule has 3 aromatic rings. The fourth-order valence-electron chi connectivity index (χ4n) is 2.17. The molecule has 120 valence electrons. The van der Waals surface area contributed by atoms with Crippen LogP contribution in [0.25, 0.3) is 5.65 Å². The fourth-order valence-corrected chi connectivity index (χ4v) is 3.24. The Balaban J connectivity index is 1.91. The second-order valence-electron chi connectivity index (χ2n) is 4.89. The highest BCUT2D eigenvalue weighted by atomic mass is 32.2. The summed E-state index contributed by atoms with van der Waals surface area (Å²) in [6.45, 7) is 4.09. The lowest BCUT2D eigenvalue weighted by atomic mass is 10.3. The second-order valence-corrected chi connectivity index (χ2v) is 6.58. The van der Waals surface area contributed by atoms with Crippen LogP contribution in [-0.4, -0.2) is 29.6 Å². The Morgan fingerprint density at radius 3 is 2.87 bits per heavy atom. The molecule has 1 N–H and O–H groups in total. The van der Waals surface area contributed by atoms with E-state index in [1.54, 1.807) is 37.4 Å². The highest BCUT2D eigenvalue weighted by molar-refractivity contribution is 7.92.